The molecule has 3 atom stereocenters. The number of aliphatic hydroxyl groups excluding tert-OH is 2. The molecule has 0 aromatic rings. The van der Waals surface area contributed by atoms with Crippen LogP contribution in [0.2, 0.25) is 0 Å². The van der Waals surface area contributed by atoms with Gasteiger partial charge in [0.1, 0.15) is 0 Å². The van der Waals surface area contributed by atoms with Crippen LogP contribution in [0.15, 0.2) is 0 Å². The Bertz CT molecular complexity index is 208. The van der Waals surface area contributed by atoms with E-state index in [0.29, 0.717) is 6.61 Å². The third kappa shape index (κ3) is 2.93. The van der Waals surface area contributed by atoms with Gasteiger partial charge in [0, 0.05) is 19.8 Å². The van der Waals surface area contributed by atoms with Gasteiger partial charge in [0.15, 0.2) is 0 Å². The molecule has 1 aliphatic rings. The summed E-state index contributed by atoms with van der Waals surface area (Å²) in [7, 11) is 1.65. The smallest absolute Gasteiger partial charge is 0.0987 e. The highest BCUT2D eigenvalue weighted by Crippen LogP contribution is 2.28. The quantitative estimate of drug-likeness (QED) is 0.553. The number of ether oxygens (including phenoxy) is 2. The molecule has 3 N–H and O–H groups in total. The van der Waals surface area contributed by atoms with Crippen molar-refractivity contribution in [2.45, 2.75) is 44.1 Å². The first-order valence-electron chi connectivity index (χ1n) is 5.74. The fourth-order valence-corrected chi connectivity index (χ4v) is 2.00. The lowest BCUT2D eigenvalue weighted by Crippen LogP contribution is -2.66. The summed E-state index contributed by atoms with van der Waals surface area (Å²) >= 11 is 0. The van der Waals surface area contributed by atoms with Crippen LogP contribution in [0.5, 0.6) is 0 Å². The van der Waals surface area contributed by atoms with Gasteiger partial charge in [-0.05, 0) is 20.3 Å². The lowest BCUT2D eigenvalue weighted by molar-refractivity contribution is -0.139. The molecule has 1 saturated carbocycles. The van der Waals surface area contributed by atoms with Crippen LogP contribution in [0.3, 0.4) is 0 Å². The highest BCUT2D eigenvalue weighted by Gasteiger charge is 2.44. The number of hydrogen-bond donors (Lipinski definition) is 3. The second-order valence-electron chi connectivity index (χ2n) is 4.56. The standard InChI is InChI=1S/C11H23NO4/c1-4-16-9-5-8(10(9)15-3)12-11(2,6-13)7-14/h8-10,12-14H,4-7H2,1-3H3. The number of rotatable bonds is 7. The summed E-state index contributed by atoms with van der Waals surface area (Å²) in [6.07, 6.45) is 0.966. The molecule has 16 heavy (non-hydrogen) atoms. The van der Waals surface area contributed by atoms with E-state index in [4.69, 9.17) is 9.47 Å². The Morgan fingerprint density at radius 1 is 1.38 bits per heavy atom. The first kappa shape index (κ1) is 13.9. The molecule has 0 heterocycles. The van der Waals surface area contributed by atoms with Crippen LogP contribution in [0.25, 0.3) is 0 Å². The molecule has 1 aliphatic carbocycles. The maximum absolute atomic E-state index is 9.19. The first-order valence-corrected chi connectivity index (χ1v) is 5.74. The highest BCUT2D eigenvalue weighted by atomic mass is 16.5. The van der Waals surface area contributed by atoms with Gasteiger partial charge in [0.05, 0.1) is 31.0 Å². The monoisotopic (exact) mass is 233 g/mol. The zero-order chi connectivity index (χ0) is 12.2. The average molecular weight is 233 g/mol. The summed E-state index contributed by atoms with van der Waals surface area (Å²) in [6, 6.07) is 0.130. The fraction of sp³-hybridized carbons (Fsp3) is 1.00. The zero-order valence-corrected chi connectivity index (χ0v) is 10.3. The Balaban J connectivity index is 2.45. The molecule has 0 aliphatic heterocycles. The van der Waals surface area contributed by atoms with E-state index >= 15 is 0 Å². The van der Waals surface area contributed by atoms with E-state index in [9.17, 15) is 10.2 Å². The van der Waals surface area contributed by atoms with Gasteiger partial charge >= 0.3 is 0 Å². The molecule has 0 amide bonds. The van der Waals surface area contributed by atoms with E-state index in [2.05, 4.69) is 5.32 Å². The maximum atomic E-state index is 9.19. The summed E-state index contributed by atoms with van der Waals surface area (Å²) in [5, 5.41) is 21.6. The summed E-state index contributed by atoms with van der Waals surface area (Å²) < 4.78 is 10.9. The number of hydrogen-bond acceptors (Lipinski definition) is 5. The molecule has 0 aromatic carbocycles. The number of methoxy groups -OCH3 is 1. The Labute approximate surface area is 96.7 Å². The van der Waals surface area contributed by atoms with Crippen molar-refractivity contribution in [1.29, 1.82) is 0 Å². The molecule has 5 heteroatoms. The number of nitrogens with one attached hydrogen (secondary N) is 1. The zero-order valence-electron chi connectivity index (χ0n) is 10.3. The van der Waals surface area contributed by atoms with Crippen molar-refractivity contribution in [3.8, 4) is 0 Å². The summed E-state index contributed by atoms with van der Waals surface area (Å²) in [4.78, 5) is 0. The molecule has 0 saturated heterocycles. The summed E-state index contributed by atoms with van der Waals surface area (Å²) in [5.41, 5.74) is -0.654. The van der Waals surface area contributed by atoms with E-state index in [1.54, 1.807) is 14.0 Å². The molecule has 0 spiro atoms. The maximum Gasteiger partial charge on any atom is 0.0987 e. The molecule has 3 unspecified atom stereocenters. The molecular formula is C11H23NO4. The highest BCUT2D eigenvalue weighted by molar-refractivity contribution is 5.01. The van der Waals surface area contributed by atoms with Crippen molar-refractivity contribution in [3.05, 3.63) is 0 Å². The minimum Gasteiger partial charge on any atom is -0.394 e. The molecule has 0 bridgehead atoms. The van der Waals surface area contributed by atoms with Gasteiger partial charge in [-0.2, -0.15) is 0 Å². The largest absolute Gasteiger partial charge is 0.394 e. The van der Waals surface area contributed by atoms with Crippen molar-refractivity contribution in [1.82, 2.24) is 5.32 Å². The van der Waals surface area contributed by atoms with Crippen molar-refractivity contribution in [2.75, 3.05) is 26.9 Å². The average Bonchev–Trinajstić information content (AvgIpc) is 2.28. The van der Waals surface area contributed by atoms with Gasteiger partial charge in [-0.3, -0.25) is 0 Å². The van der Waals surface area contributed by atoms with E-state index in [1.807, 2.05) is 6.92 Å². The number of aliphatic hydroxyl groups is 2. The lowest BCUT2D eigenvalue weighted by atomic mass is 9.83. The van der Waals surface area contributed by atoms with Crippen LogP contribution in [0, 0.1) is 0 Å². The minimum absolute atomic E-state index is 0.00243. The predicted molar refractivity (Wildman–Crippen MR) is 60.3 cm³/mol. The van der Waals surface area contributed by atoms with Gasteiger partial charge in [-0.15, -0.1) is 0 Å². The molecule has 1 rings (SSSR count). The summed E-state index contributed by atoms with van der Waals surface area (Å²) in [6.45, 7) is 4.22. The molecule has 5 nitrogen and oxygen atoms in total. The second kappa shape index (κ2) is 5.93. The van der Waals surface area contributed by atoms with Crippen LogP contribution in [-0.4, -0.2) is 60.9 Å². The third-order valence-corrected chi connectivity index (χ3v) is 3.13. The Morgan fingerprint density at radius 2 is 2.00 bits per heavy atom. The third-order valence-electron chi connectivity index (χ3n) is 3.13. The van der Waals surface area contributed by atoms with Gasteiger partial charge in [0.2, 0.25) is 0 Å². The SMILES string of the molecule is CCOC1CC(NC(C)(CO)CO)C1OC. The van der Waals surface area contributed by atoms with Crippen molar-refractivity contribution < 1.29 is 19.7 Å². The molecule has 96 valence electrons. The minimum atomic E-state index is -0.654. The Kier molecular flexibility index (Phi) is 5.14. The predicted octanol–water partition coefficient (Wildman–Crippen LogP) is -0.488. The van der Waals surface area contributed by atoms with Crippen LogP contribution < -0.4 is 5.32 Å². The van der Waals surface area contributed by atoms with Crippen LogP contribution >= 0.6 is 0 Å². The summed E-state index contributed by atoms with van der Waals surface area (Å²) in [5.74, 6) is 0. The molecule has 0 aromatic heterocycles. The van der Waals surface area contributed by atoms with E-state index in [0.717, 1.165) is 6.42 Å². The van der Waals surface area contributed by atoms with Gasteiger partial charge in [0.25, 0.3) is 0 Å². The van der Waals surface area contributed by atoms with Gasteiger partial charge in [-0.1, -0.05) is 0 Å². The Hall–Kier alpha value is -0.200. The van der Waals surface area contributed by atoms with E-state index in [1.165, 1.54) is 0 Å². The fourth-order valence-electron chi connectivity index (χ4n) is 2.00. The van der Waals surface area contributed by atoms with Crippen LogP contribution in [0.1, 0.15) is 20.3 Å². The second-order valence-corrected chi connectivity index (χ2v) is 4.56. The van der Waals surface area contributed by atoms with E-state index in [-0.39, 0.29) is 31.5 Å². The van der Waals surface area contributed by atoms with Gasteiger partial charge < -0.3 is 25.0 Å². The van der Waals surface area contributed by atoms with Crippen LogP contribution in [0.4, 0.5) is 0 Å². The normalized spacial score (nSPS) is 30.2. The Morgan fingerprint density at radius 3 is 2.44 bits per heavy atom. The van der Waals surface area contributed by atoms with E-state index < -0.39 is 5.54 Å². The molecular weight excluding hydrogens is 210 g/mol. The van der Waals surface area contributed by atoms with Gasteiger partial charge in [-0.25, -0.2) is 0 Å². The van der Waals surface area contributed by atoms with Crippen molar-refractivity contribution in [3.63, 3.8) is 0 Å². The van der Waals surface area contributed by atoms with Crippen LogP contribution in [-0.2, 0) is 9.47 Å². The van der Waals surface area contributed by atoms with Crippen molar-refractivity contribution in [2.24, 2.45) is 0 Å². The first-order chi connectivity index (χ1) is 7.60. The molecule has 0 radical (unpaired) electrons. The van der Waals surface area contributed by atoms with Crippen molar-refractivity contribution >= 4 is 0 Å². The molecule has 1 fully saturated rings. The lowest BCUT2D eigenvalue weighted by Gasteiger charge is -2.47. The topological polar surface area (TPSA) is 71.0 Å².